The Morgan fingerprint density at radius 2 is 1.85 bits per heavy atom. The van der Waals surface area contributed by atoms with Crippen molar-refractivity contribution in [2.75, 3.05) is 31.5 Å². The van der Waals surface area contributed by atoms with Gasteiger partial charge >= 0.3 is 0 Å². The van der Waals surface area contributed by atoms with Gasteiger partial charge in [0.2, 0.25) is 5.43 Å². The van der Waals surface area contributed by atoms with Crippen LogP contribution >= 0.6 is 11.3 Å². The van der Waals surface area contributed by atoms with Crippen molar-refractivity contribution >= 4 is 60.0 Å². The number of nitrogens with zero attached hydrogens (tertiary/aromatic N) is 4. The van der Waals surface area contributed by atoms with E-state index in [0.29, 0.717) is 34.6 Å². The van der Waals surface area contributed by atoms with Crippen molar-refractivity contribution < 1.29 is 4.79 Å². The fourth-order valence-electron chi connectivity index (χ4n) is 5.39. The number of benzene rings is 2. The molecule has 1 saturated heterocycles. The molecule has 0 atom stereocenters. The zero-order valence-corrected chi connectivity index (χ0v) is 24.1. The van der Waals surface area contributed by atoms with Crippen LogP contribution in [0.4, 0.5) is 5.69 Å². The molecule has 0 radical (unpaired) electrons. The smallest absolute Gasteiger partial charge is 0.258 e. The van der Waals surface area contributed by atoms with Crippen LogP contribution in [0.3, 0.4) is 0 Å². The molecule has 4 aromatic heterocycles. The second kappa shape index (κ2) is 11.7. The first kappa shape index (κ1) is 26.9. The Bertz CT molecular complexity index is 1880. The molecule has 1 aliphatic rings. The molecule has 210 valence electrons. The van der Waals surface area contributed by atoms with E-state index in [1.165, 1.54) is 24.2 Å². The minimum atomic E-state index is -0.342. The number of hydrogen-bond donors (Lipinski definition) is 3. The monoisotopic (exact) mass is 567 g/mol. The third-order valence-corrected chi connectivity index (χ3v) is 8.46. The molecule has 0 unspecified atom stereocenters. The highest BCUT2D eigenvalue weighted by Gasteiger charge is 2.23. The van der Waals surface area contributed by atoms with E-state index in [1.807, 2.05) is 66.8 Å². The van der Waals surface area contributed by atoms with Crippen LogP contribution in [0.25, 0.3) is 37.1 Å². The third kappa shape index (κ3) is 5.16. The fraction of sp³-hybridized carbons (Fsp3) is 0.290. The van der Waals surface area contributed by atoms with Crippen molar-refractivity contribution in [1.29, 1.82) is 0 Å². The molecule has 1 aliphatic heterocycles. The number of carbonyl (C=O) groups is 1. The number of pyridine rings is 2. The van der Waals surface area contributed by atoms with Crippen molar-refractivity contribution in [1.82, 2.24) is 29.6 Å². The minimum absolute atomic E-state index is 0.168. The van der Waals surface area contributed by atoms with Gasteiger partial charge in [-0.25, -0.2) is 9.97 Å². The Labute approximate surface area is 241 Å². The second-order valence-corrected chi connectivity index (χ2v) is 10.9. The summed E-state index contributed by atoms with van der Waals surface area (Å²) in [5.41, 5.74) is 3.86. The zero-order chi connectivity index (χ0) is 28.3. The van der Waals surface area contributed by atoms with Crippen LogP contribution in [-0.2, 0) is 6.54 Å². The zero-order valence-electron chi connectivity index (χ0n) is 23.2. The van der Waals surface area contributed by atoms with E-state index in [0.717, 1.165) is 46.7 Å². The van der Waals surface area contributed by atoms with Gasteiger partial charge in [0.05, 0.1) is 45.1 Å². The molecule has 5 heterocycles. The number of thiazole rings is 1. The molecular formula is C31H33N7O2S. The predicted molar refractivity (Wildman–Crippen MR) is 167 cm³/mol. The first-order valence-electron chi connectivity index (χ1n) is 14.2. The van der Waals surface area contributed by atoms with Gasteiger partial charge < -0.3 is 20.5 Å². The SMILES string of the molecule is CC.O=C(NCCN1CCCC1)c1c(=O)c2cc(NCc3nc4ccccc4[nH]3)cnc2n2c1sc1ccccc12. The Morgan fingerprint density at radius 3 is 2.68 bits per heavy atom. The lowest BCUT2D eigenvalue weighted by atomic mass is 10.1. The van der Waals surface area contributed by atoms with Gasteiger partial charge in [0.15, 0.2) is 0 Å². The number of para-hydroxylation sites is 3. The Balaban J connectivity index is 0.00000148. The van der Waals surface area contributed by atoms with Crippen LogP contribution in [0.15, 0.2) is 65.6 Å². The third-order valence-electron chi connectivity index (χ3n) is 7.32. The van der Waals surface area contributed by atoms with Crippen molar-refractivity contribution in [3.8, 4) is 0 Å². The number of aromatic nitrogens is 4. The number of H-pyrrole nitrogens is 1. The quantitative estimate of drug-likeness (QED) is 0.238. The van der Waals surface area contributed by atoms with E-state index in [4.69, 9.17) is 4.98 Å². The van der Waals surface area contributed by atoms with Gasteiger partial charge in [-0.2, -0.15) is 0 Å². The first-order valence-corrected chi connectivity index (χ1v) is 15.0. The number of rotatable bonds is 7. The van der Waals surface area contributed by atoms with Gasteiger partial charge in [-0.15, -0.1) is 11.3 Å². The second-order valence-electron chi connectivity index (χ2n) is 9.87. The molecular weight excluding hydrogens is 534 g/mol. The number of hydrogen-bond acceptors (Lipinski definition) is 7. The molecule has 9 nitrogen and oxygen atoms in total. The number of aromatic amines is 1. The minimum Gasteiger partial charge on any atom is -0.377 e. The highest BCUT2D eigenvalue weighted by molar-refractivity contribution is 7.24. The highest BCUT2D eigenvalue weighted by atomic mass is 32.1. The number of carbonyl (C=O) groups excluding carboxylic acids is 1. The maximum atomic E-state index is 13.9. The average Bonchev–Trinajstić information content (AvgIpc) is 3.76. The van der Waals surface area contributed by atoms with E-state index < -0.39 is 0 Å². The number of likely N-dealkylation sites (tertiary alicyclic amines) is 1. The van der Waals surface area contributed by atoms with Gasteiger partial charge in [0, 0.05) is 13.1 Å². The number of anilines is 1. The van der Waals surface area contributed by atoms with Gasteiger partial charge in [-0.05, 0) is 56.3 Å². The van der Waals surface area contributed by atoms with Gasteiger partial charge in [0.25, 0.3) is 5.91 Å². The molecule has 1 amide bonds. The van der Waals surface area contributed by atoms with Crippen LogP contribution in [0.5, 0.6) is 0 Å². The Hall–Kier alpha value is -4.28. The molecule has 10 heteroatoms. The normalized spacial score (nSPS) is 13.6. The molecule has 0 aliphatic carbocycles. The maximum absolute atomic E-state index is 13.9. The first-order chi connectivity index (χ1) is 20.2. The van der Waals surface area contributed by atoms with Crippen molar-refractivity contribution in [2.24, 2.45) is 0 Å². The van der Waals surface area contributed by atoms with Crippen LogP contribution in [-0.4, -0.2) is 56.3 Å². The molecule has 6 aromatic rings. The summed E-state index contributed by atoms with van der Waals surface area (Å²) in [6, 6.07) is 17.6. The fourth-order valence-corrected chi connectivity index (χ4v) is 6.57. The summed E-state index contributed by atoms with van der Waals surface area (Å²) in [5, 5.41) is 6.73. The molecule has 2 aromatic carbocycles. The van der Waals surface area contributed by atoms with E-state index in [-0.39, 0.29) is 16.9 Å². The molecule has 7 rings (SSSR count). The van der Waals surface area contributed by atoms with E-state index >= 15 is 0 Å². The maximum Gasteiger partial charge on any atom is 0.258 e. The predicted octanol–water partition coefficient (Wildman–Crippen LogP) is 5.40. The Morgan fingerprint density at radius 1 is 1.07 bits per heavy atom. The number of nitrogens with one attached hydrogen (secondary N) is 3. The van der Waals surface area contributed by atoms with Crippen LogP contribution in [0, 0.1) is 0 Å². The topological polar surface area (TPSA) is 107 Å². The lowest BCUT2D eigenvalue weighted by Crippen LogP contribution is -2.35. The van der Waals surface area contributed by atoms with Crippen LogP contribution in [0.2, 0.25) is 0 Å². The van der Waals surface area contributed by atoms with Crippen molar-refractivity contribution in [3.63, 3.8) is 0 Å². The van der Waals surface area contributed by atoms with E-state index in [2.05, 4.69) is 25.5 Å². The summed E-state index contributed by atoms with van der Waals surface area (Å²) in [6.07, 6.45) is 4.11. The Kier molecular flexibility index (Phi) is 7.67. The summed E-state index contributed by atoms with van der Waals surface area (Å²) >= 11 is 1.44. The molecule has 41 heavy (non-hydrogen) atoms. The van der Waals surface area contributed by atoms with Crippen molar-refractivity contribution in [2.45, 2.75) is 33.2 Å². The summed E-state index contributed by atoms with van der Waals surface area (Å²) in [7, 11) is 0. The van der Waals surface area contributed by atoms with Crippen LogP contribution in [0.1, 0.15) is 42.9 Å². The molecule has 0 bridgehead atoms. The standard InChI is InChI=1S/C29H27N7O2S.C2H6/c37-26-19-15-18(31-17-24-33-20-7-1-2-8-21(20)34-24)16-32-27(19)36-22-9-3-4-10-23(22)39-29(36)25(26)28(38)30-11-14-35-12-5-6-13-35;1-2/h1-4,7-10,15-16,31H,5-6,11-14,17H2,(H,30,38)(H,33,34);1-2H3. The lowest BCUT2D eigenvalue weighted by Gasteiger charge is -2.15. The van der Waals surface area contributed by atoms with Crippen molar-refractivity contribution in [3.05, 3.63) is 82.4 Å². The number of imidazole rings is 1. The lowest BCUT2D eigenvalue weighted by molar-refractivity contribution is 0.0950. The summed E-state index contributed by atoms with van der Waals surface area (Å²) in [5.74, 6) is 0.441. The van der Waals surface area contributed by atoms with E-state index in [1.54, 1.807) is 12.3 Å². The molecule has 0 saturated carbocycles. The molecule has 3 N–H and O–H groups in total. The number of amides is 1. The van der Waals surface area contributed by atoms with Gasteiger partial charge in [-0.1, -0.05) is 38.1 Å². The van der Waals surface area contributed by atoms with Crippen LogP contribution < -0.4 is 16.1 Å². The summed E-state index contributed by atoms with van der Waals surface area (Å²) < 4.78 is 2.93. The van der Waals surface area contributed by atoms with E-state index in [9.17, 15) is 9.59 Å². The number of fused-ring (bicyclic) bond motifs is 6. The van der Waals surface area contributed by atoms with Gasteiger partial charge in [0.1, 0.15) is 21.9 Å². The average molecular weight is 568 g/mol. The molecule has 1 fully saturated rings. The highest BCUT2D eigenvalue weighted by Crippen LogP contribution is 2.31. The summed E-state index contributed by atoms with van der Waals surface area (Å²) in [6.45, 7) is 7.85. The van der Waals surface area contributed by atoms with Gasteiger partial charge in [-0.3, -0.25) is 14.0 Å². The largest absolute Gasteiger partial charge is 0.377 e. The molecule has 0 spiro atoms. The summed E-state index contributed by atoms with van der Waals surface area (Å²) in [4.78, 5) is 42.9.